The highest BCUT2D eigenvalue weighted by atomic mass is 127. The molecule has 1 aromatic carbocycles. The van der Waals surface area contributed by atoms with Gasteiger partial charge in [0.25, 0.3) is 0 Å². The minimum Gasteiger partial charge on any atom is -0.357 e. The van der Waals surface area contributed by atoms with E-state index >= 15 is 0 Å². The summed E-state index contributed by atoms with van der Waals surface area (Å²) in [4.78, 5) is 28.1. The molecule has 0 aromatic heterocycles. The molecule has 158 valence electrons. The van der Waals surface area contributed by atoms with Gasteiger partial charge < -0.3 is 21.3 Å². The fourth-order valence-electron chi connectivity index (χ4n) is 2.12. The zero-order valence-electron chi connectivity index (χ0n) is 17.7. The molecule has 0 aliphatic carbocycles. The van der Waals surface area contributed by atoms with Crippen LogP contribution in [0.25, 0.3) is 0 Å². The van der Waals surface area contributed by atoms with Crippen LogP contribution in [0.1, 0.15) is 47.1 Å². The van der Waals surface area contributed by atoms with Crippen LogP contribution in [0.4, 0.5) is 5.69 Å². The third-order valence-electron chi connectivity index (χ3n) is 3.44. The molecule has 0 aliphatic heterocycles. The summed E-state index contributed by atoms with van der Waals surface area (Å²) in [6.45, 7) is 12.8. The van der Waals surface area contributed by atoms with Crippen LogP contribution in [-0.2, 0) is 16.1 Å². The number of nitrogens with zero attached hydrogens (tertiary/aromatic N) is 1. The van der Waals surface area contributed by atoms with Gasteiger partial charge in [-0.05, 0) is 45.4 Å². The van der Waals surface area contributed by atoms with Gasteiger partial charge in [0, 0.05) is 23.7 Å². The van der Waals surface area contributed by atoms with Crippen molar-refractivity contribution < 1.29 is 9.59 Å². The van der Waals surface area contributed by atoms with E-state index < -0.39 is 0 Å². The van der Waals surface area contributed by atoms with Gasteiger partial charge >= 0.3 is 0 Å². The van der Waals surface area contributed by atoms with Gasteiger partial charge in [0.15, 0.2) is 5.96 Å². The fraction of sp³-hybridized carbons (Fsp3) is 0.550. The largest absolute Gasteiger partial charge is 0.357 e. The molecule has 0 atom stereocenters. The molecule has 0 bridgehead atoms. The first-order chi connectivity index (χ1) is 12.6. The molecular weight excluding hydrogens is 469 g/mol. The Bertz CT molecular complexity index is 652. The zero-order valence-corrected chi connectivity index (χ0v) is 20.0. The Balaban J connectivity index is 0.00000729. The first-order valence-corrected chi connectivity index (χ1v) is 9.33. The monoisotopic (exact) mass is 503 g/mol. The lowest BCUT2D eigenvalue weighted by molar-refractivity contribution is -0.121. The predicted octanol–water partition coefficient (Wildman–Crippen LogP) is 2.87. The van der Waals surface area contributed by atoms with Crippen molar-refractivity contribution in [3.05, 3.63) is 29.8 Å². The third kappa shape index (κ3) is 11.1. The van der Waals surface area contributed by atoms with Crippen LogP contribution in [0, 0.1) is 5.92 Å². The van der Waals surface area contributed by atoms with E-state index in [0.717, 1.165) is 11.3 Å². The molecule has 1 aromatic rings. The van der Waals surface area contributed by atoms with Crippen molar-refractivity contribution in [2.45, 2.75) is 53.6 Å². The zero-order chi connectivity index (χ0) is 20.4. The summed E-state index contributed by atoms with van der Waals surface area (Å²) in [5, 5.41) is 11.9. The summed E-state index contributed by atoms with van der Waals surface area (Å²) in [6.07, 6.45) is 0. The van der Waals surface area contributed by atoms with Crippen LogP contribution in [0.5, 0.6) is 0 Å². The van der Waals surface area contributed by atoms with Gasteiger partial charge in [-0.25, -0.2) is 4.99 Å². The van der Waals surface area contributed by atoms with Crippen LogP contribution >= 0.6 is 24.0 Å². The van der Waals surface area contributed by atoms with Gasteiger partial charge in [0.2, 0.25) is 11.8 Å². The number of halogens is 1. The smallest absolute Gasteiger partial charge is 0.239 e. The van der Waals surface area contributed by atoms with E-state index in [1.807, 2.05) is 65.8 Å². The Labute approximate surface area is 185 Å². The maximum absolute atomic E-state index is 11.9. The fourth-order valence-corrected chi connectivity index (χ4v) is 2.12. The number of hydrogen-bond acceptors (Lipinski definition) is 3. The molecule has 4 N–H and O–H groups in total. The number of rotatable bonds is 7. The van der Waals surface area contributed by atoms with Crippen LogP contribution in [0.3, 0.4) is 0 Å². The van der Waals surface area contributed by atoms with Crippen molar-refractivity contribution in [2.24, 2.45) is 10.9 Å². The number of aliphatic imine (C=N–C) groups is 1. The Hall–Kier alpha value is -1.84. The Kier molecular flexibility index (Phi) is 11.8. The molecule has 8 heteroatoms. The van der Waals surface area contributed by atoms with Crippen molar-refractivity contribution in [3.8, 4) is 0 Å². The van der Waals surface area contributed by atoms with Gasteiger partial charge in [-0.15, -0.1) is 24.0 Å². The number of nitrogens with one attached hydrogen (secondary N) is 4. The molecule has 0 saturated carbocycles. The van der Waals surface area contributed by atoms with Gasteiger partial charge in [-0.3, -0.25) is 9.59 Å². The molecule has 0 unspecified atom stereocenters. The van der Waals surface area contributed by atoms with Gasteiger partial charge in [0.1, 0.15) is 0 Å². The average molecular weight is 503 g/mol. The van der Waals surface area contributed by atoms with E-state index in [0.29, 0.717) is 19.0 Å². The van der Waals surface area contributed by atoms with Crippen molar-refractivity contribution in [3.63, 3.8) is 0 Å². The Morgan fingerprint density at radius 3 is 2.18 bits per heavy atom. The summed E-state index contributed by atoms with van der Waals surface area (Å²) < 4.78 is 0. The number of anilines is 1. The van der Waals surface area contributed by atoms with E-state index in [2.05, 4.69) is 26.3 Å². The molecule has 1 rings (SSSR count). The molecule has 0 fully saturated rings. The van der Waals surface area contributed by atoms with Gasteiger partial charge in [-0.1, -0.05) is 26.0 Å². The molecule has 28 heavy (non-hydrogen) atoms. The van der Waals surface area contributed by atoms with Gasteiger partial charge in [0.05, 0.1) is 13.1 Å². The lowest BCUT2D eigenvalue weighted by atomic mass is 10.1. The second kappa shape index (κ2) is 12.6. The number of amides is 2. The van der Waals surface area contributed by atoms with Crippen molar-refractivity contribution >= 4 is 47.4 Å². The summed E-state index contributed by atoms with van der Waals surface area (Å²) >= 11 is 0. The average Bonchev–Trinajstić information content (AvgIpc) is 2.57. The van der Waals surface area contributed by atoms with E-state index in [4.69, 9.17) is 0 Å². The maximum atomic E-state index is 11.9. The molecule has 0 spiro atoms. The molecule has 7 nitrogen and oxygen atoms in total. The Morgan fingerprint density at radius 2 is 1.68 bits per heavy atom. The summed E-state index contributed by atoms with van der Waals surface area (Å²) in [5.41, 5.74) is 1.51. The lowest BCUT2D eigenvalue weighted by Gasteiger charge is -2.21. The van der Waals surface area contributed by atoms with Crippen molar-refractivity contribution in [1.29, 1.82) is 0 Å². The number of hydrogen-bond donors (Lipinski definition) is 4. The summed E-state index contributed by atoms with van der Waals surface area (Å²) in [6, 6.07) is 7.58. The number of benzene rings is 1. The van der Waals surface area contributed by atoms with Crippen LogP contribution in [-0.4, -0.2) is 36.4 Å². The minimum absolute atomic E-state index is 0. The normalized spacial score (nSPS) is 11.5. The van der Waals surface area contributed by atoms with Gasteiger partial charge in [-0.2, -0.15) is 0 Å². The molecule has 2 amide bonds. The molecule has 0 heterocycles. The topological polar surface area (TPSA) is 94.6 Å². The van der Waals surface area contributed by atoms with E-state index in [9.17, 15) is 9.59 Å². The quantitative estimate of drug-likeness (QED) is 0.262. The number of carbonyl (C=O) groups excluding carboxylic acids is 2. The number of guanidine groups is 1. The SMILES string of the molecule is CCNC(=NCc1ccc(NC(=O)C(C)C)cc1)NCC(=O)NC(C)(C)C.I. The summed E-state index contributed by atoms with van der Waals surface area (Å²) in [5.74, 6) is 0.434. The molecule has 0 aliphatic rings. The van der Waals surface area contributed by atoms with Crippen molar-refractivity contribution in [2.75, 3.05) is 18.4 Å². The highest BCUT2D eigenvalue weighted by molar-refractivity contribution is 14.0. The first kappa shape index (κ1) is 26.2. The second-order valence-electron chi connectivity index (χ2n) is 7.69. The third-order valence-corrected chi connectivity index (χ3v) is 3.44. The van der Waals surface area contributed by atoms with Crippen LogP contribution in [0.2, 0.25) is 0 Å². The standard InChI is InChI=1S/C20H33N5O2.HI/c1-7-21-19(23-13-17(26)25-20(4,5)6)22-12-15-8-10-16(11-9-15)24-18(27)14(2)3;/h8-11,14H,7,12-13H2,1-6H3,(H,24,27)(H,25,26)(H2,21,22,23);1H. The molecular formula is C20H34IN5O2. The first-order valence-electron chi connectivity index (χ1n) is 9.33. The van der Waals surface area contributed by atoms with Crippen LogP contribution in [0.15, 0.2) is 29.3 Å². The maximum Gasteiger partial charge on any atom is 0.239 e. The molecule has 0 saturated heterocycles. The van der Waals surface area contributed by atoms with Crippen molar-refractivity contribution in [1.82, 2.24) is 16.0 Å². The minimum atomic E-state index is -0.263. The molecule has 0 radical (unpaired) electrons. The highest BCUT2D eigenvalue weighted by Crippen LogP contribution is 2.11. The van der Waals surface area contributed by atoms with Crippen LogP contribution < -0.4 is 21.3 Å². The second-order valence-corrected chi connectivity index (χ2v) is 7.69. The summed E-state index contributed by atoms with van der Waals surface area (Å²) in [7, 11) is 0. The van der Waals surface area contributed by atoms with E-state index in [-0.39, 0.29) is 53.8 Å². The highest BCUT2D eigenvalue weighted by Gasteiger charge is 2.13. The Morgan fingerprint density at radius 1 is 1.07 bits per heavy atom. The number of carbonyl (C=O) groups is 2. The predicted molar refractivity (Wildman–Crippen MR) is 126 cm³/mol. The van der Waals surface area contributed by atoms with E-state index in [1.165, 1.54) is 0 Å². The lowest BCUT2D eigenvalue weighted by Crippen LogP contribution is -2.48. The van der Waals surface area contributed by atoms with E-state index in [1.54, 1.807) is 0 Å².